The number of aromatic nitrogens is 2. The van der Waals surface area contributed by atoms with Gasteiger partial charge in [-0.3, -0.25) is 4.79 Å². The van der Waals surface area contributed by atoms with E-state index in [2.05, 4.69) is 25.3 Å². The molecule has 0 unspecified atom stereocenters. The number of hydrogen-bond donors (Lipinski definition) is 3. The number of amides is 1. The molecule has 3 rings (SSSR count). The highest BCUT2D eigenvalue weighted by Gasteiger charge is 2.13. The highest BCUT2D eigenvalue weighted by atomic mass is 32.2. The second-order valence-corrected chi connectivity index (χ2v) is 8.91. The molecule has 0 aliphatic rings. The van der Waals surface area contributed by atoms with Crippen LogP contribution in [0.3, 0.4) is 0 Å². The van der Waals surface area contributed by atoms with Crippen LogP contribution in [0.1, 0.15) is 27.3 Å². The molecule has 8 nitrogen and oxygen atoms in total. The van der Waals surface area contributed by atoms with Crippen molar-refractivity contribution in [1.29, 1.82) is 0 Å². The number of rotatable bonds is 8. The molecule has 162 valence electrons. The quantitative estimate of drug-likeness (QED) is 0.465. The zero-order valence-corrected chi connectivity index (χ0v) is 18.5. The average Bonchev–Trinajstić information content (AvgIpc) is 2.71. The van der Waals surface area contributed by atoms with Crippen molar-refractivity contribution in [2.75, 3.05) is 18.4 Å². The fourth-order valence-electron chi connectivity index (χ4n) is 2.88. The molecule has 1 amide bonds. The molecule has 0 fully saturated rings. The van der Waals surface area contributed by atoms with Crippen molar-refractivity contribution in [3.8, 4) is 0 Å². The predicted molar refractivity (Wildman–Crippen MR) is 120 cm³/mol. The monoisotopic (exact) mass is 439 g/mol. The number of aryl methyl sites for hydroxylation is 3. The Kier molecular flexibility index (Phi) is 6.98. The predicted octanol–water partition coefficient (Wildman–Crippen LogP) is 2.85. The number of carbonyl (C=O) groups is 1. The molecule has 0 spiro atoms. The summed E-state index contributed by atoms with van der Waals surface area (Å²) >= 11 is 0. The molecule has 3 aromatic rings. The Morgan fingerprint density at radius 1 is 0.871 bits per heavy atom. The van der Waals surface area contributed by atoms with Gasteiger partial charge in [-0.1, -0.05) is 17.7 Å². The van der Waals surface area contributed by atoms with Crippen molar-refractivity contribution < 1.29 is 13.2 Å². The summed E-state index contributed by atoms with van der Waals surface area (Å²) in [6, 6.07) is 15.3. The SMILES string of the molecule is Cc1ccc(S(=O)(=O)NCCNC(=O)c2ccc(Nc3nc(C)cc(C)n3)cc2)cc1. The number of benzene rings is 2. The topological polar surface area (TPSA) is 113 Å². The van der Waals surface area contributed by atoms with E-state index in [0.717, 1.165) is 22.6 Å². The van der Waals surface area contributed by atoms with Crippen molar-refractivity contribution in [3.63, 3.8) is 0 Å². The van der Waals surface area contributed by atoms with Crippen LogP contribution in [-0.4, -0.2) is 37.4 Å². The molecule has 1 heterocycles. The fraction of sp³-hybridized carbons (Fsp3) is 0.227. The van der Waals surface area contributed by atoms with Crippen LogP contribution in [0.2, 0.25) is 0 Å². The molecule has 9 heteroatoms. The van der Waals surface area contributed by atoms with Gasteiger partial charge in [0.25, 0.3) is 5.91 Å². The van der Waals surface area contributed by atoms with E-state index in [0.29, 0.717) is 11.5 Å². The highest BCUT2D eigenvalue weighted by molar-refractivity contribution is 7.89. The van der Waals surface area contributed by atoms with Crippen LogP contribution < -0.4 is 15.4 Å². The van der Waals surface area contributed by atoms with Crippen molar-refractivity contribution in [1.82, 2.24) is 20.0 Å². The molecule has 0 radical (unpaired) electrons. The van der Waals surface area contributed by atoms with Gasteiger partial charge < -0.3 is 10.6 Å². The lowest BCUT2D eigenvalue weighted by Crippen LogP contribution is -2.34. The van der Waals surface area contributed by atoms with E-state index in [-0.39, 0.29) is 23.9 Å². The van der Waals surface area contributed by atoms with E-state index >= 15 is 0 Å². The number of carbonyl (C=O) groups excluding carboxylic acids is 1. The number of nitrogens with one attached hydrogen (secondary N) is 3. The van der Waals surface area contributed by atoms with Crippen LogP contribution in [0.15, 0.2) is 59.5 Å². The van der Waals surface area contributed by atoms with Crippen molar-refractivity contribution in [2.24, 2.45) is 0 Å². The van der Waals surface area contributed by atoms with Gasteiger partial charge in [0.1, 0.15) is 0 Å². The van der Waals surface area contributed by atoms with Gasteiger partial charge in [0.15, 0.2) is 0 Å². The number of anilines is 2. The Bertz CT molecular complexity index is 1140. The largest absolute Gasteiger partial charge is 0.351 e. The average molecular weight is 440 g/mol. The molecular weight excluding hydrogens is 414 g/mol. The first-order valence-corrected chi connectivity index (χ1v) is 11.3. The summed E-state index contributed by atoms with van der Waals surface area (Å²) in [6.45, 7) is 5.94. The van der Waals surface area contributed by atoms with E-state index in [1.807, 2.05) is 26.8 Å². The Balaban J connectivity index is 1.50. The lowest BCUT2D eigenvalue weighted by Gasteiger charge is -2.09. The van der Waals surface area contributed by atoms with Crippen molar-refractivity contribution in [2.45, 2.75) is 25.7 Å². The van der Waals surface area contributed by atoms with Crippen molar-refractivity contribution >= 4 is 27.6 Å². The van der Waals surface area contributed by atoms with E-state index < -0.39 is 10.0 Å². The molecule has 31 heavy (non-hydrogen) atoms. The van der Waals surface area contributed by atoms with Crippen LogP contribution in [-0.2, 0) is 10.0 Å². The maximum Gasteiger partial charge on any atom is 0.251 e. The molecule has 2 aromatic carbocycles. The zero-order chi connectivity index (χ0) is 22.4. The van der Waals surface area contributed by atoms with Crippen LogP contribution >= 0.6 is 0 Å². The van der Waals surface area contributed by atoms with E-state index in [1.54, 1.807) is 48.5 Å². The molecule has 0 bridgehead atoms. The first-order valence-electron chi connectivity index (χ1n) is 9.77. The Hall–Kier alpha value is -3.30. The van der Waals surface area contributed by atoms with E-state index in [1.165, 1.54) is 0 Å². The minimum absolute atomic E-state index is 0.0889. The summed E-state index contributed by atoms with van der Waals surface area (Å²) < 4.78 is 27.0. The van der Waals surface area contributed by atoms with Gasteiger partial charge in [-0.15, -0.1) is 0 Å². The molecule has 0 saturated carbocycles. The zero-order valence-electron chi connectivity index (χ0n) is 17.6. The maximum absolute atomic E-state index is 12.3. The Morgan fingerprint density at radius 2 is 1.48 bits per heavy atom. The molecular formula is C22H25N5O3S. The van der Waals surface area contributed by atoms with Gasteiger partial charge >= 0.3 is 0 Å². The Labute approximate surface area is 182 Å². The lowest BCUT2D eigenvalue weighted by molar-refractivity contribution is 0.0954. The second kappa shape index (κ2) is 9.67. The van der Waals surface area contributed by atoms with Gasteiger partial charge in [-0.25, -0.2) is 23.1 Å². The third-order valence-corrected chi connectivity index (χ3v) is 5.90. The van der Waals surface area contributed by atoms with Gasteiger partial charge in [-0.2, -0.15) is 0 Å². The first kappa shape index (κ1) is 22.4. The normalized spacial score (nSPS) is 11.2. The standard InChI is InChI=1S/C22H25N5O3S/c1-15-4-10-20(11-5-15)31(29,30)24-13-12-23-21(28)18-6-8-19(9-7-18)27-22-25-16(2)14-17(3)26-22/h4-11,14,24H,12-13H2,1-3H3,(H,23,28)(H,25,26,27). The summed E-state index contributed by atoms with van der Waals surface area (Å²) in [6.07, 6.45) is 0. The maximum atomic E-state index is 12.3. The minimum atomic E-state index is -3.60. The number of sulfonamides is 1. The van der Waals surface area contributed by atoms with Crippen LogP contribution in [0.25, 0.3) is 0 Å². The third-order valence-electron chi connectivity index (χ3n) is 4.42. The van der Waals surface area contributed by atoms with Crippen molar-refractivity contribution in [3.05, 3.63) is 77.1 Å². The summed E-state index contributed by atoms with van der Waals surface area (Å²) in [5.74, 6) is 0.208. The van der Waals surface area contributed by atoms with Crippen LogP contribution in [0, 0.1) is 20.8 Å². The van der Waals surface area contributed by atoms with Crippen LogP contribution in [0.5, 0.6) is 0 Å². The summed E-state index contributed by atoms with van der Waals surface area (Å²) in [5, 5.41) is 5.81. The molecule has 3 N–H and O–H groups in total. The second-order valence-electron chi connectivity index (χ2n) is 7.14. The third kappa shape index (κ3) is 6.34. The molecule has 1 aromatic heterocycles. The number of nitrogens with zero attached hydrogens (tertiary/aromatic N) is 2. The van der Waals surface area contributed by atoms with Gasteiger partial charge in [0.2, 0.25) is 16.0 Å². The number of hydrogen-bond acceptors (Lipinski definition) is 6. The smallest absolute Gasteiger partial charge is 0.251 e. The van der Waals surface area contributed by atoms with Gasteiger partial charge in [-0.05, 0) is 63.2 Å². The summed E-state index contributed by atoms with van der Waals surface area (Å²) in [4.78, 5) is 21.1. The highest BCUT2D eigenvalue weighted by Crippen LogP contribution is 2.15. The summed E-state index contributed by atoms with van der Waals surface area (Å²) in [5.41, 5.74) is 3.93. The van der Waals surface area contributed by atoms with Crippen LogP contribution in [0.4, 0.5) is 11.6 Å². The van der Waals surface area contributed by atoms with E-state index in [4.69, 9.17) is 0 Å². The molecule has 0 aliphatic carbocycles. The minimum Gasteiger partial charge on any atom is -0.351 e. The molecule has 0 aliphatic heterocycles. The molecule has 0 saturated heterocycles. The fourth-order valence-corrected chi connectivity index (χ4v) is 3.91. The summed E-state index contributed by atoms with van der Waals surface area (Å²) in [7, 11) is -3.60. The Morgan fingerprint density at radius 3 is 2.10 bits per heavy atom. The van der Waals surface area contributed by atoms with Gasteiger partial charge in [0.05, 0.1) is 4.90 Å². The lowest BCUT2D eigenvalue weighted by atomic mass is 10.2. The van der Waals surface area contributed by atoms with Gasteiger partial charge in [0, 0.05) is 35.7 Å². The molecule has 0 atom stereocenters. The first-order chi connectivity index (χ1) is 14.7. The van der Waals surface area contributed by atoms with E-state index in [9.17, 15) is 13.2 Å².